The molecule has 0 aromatic carbocycles. The fraction of sp³-hybridized carbons (Fsp3) is 0.653. The third-order valence-electron chi connectivity index (χ3n) is 14.7. The van der Waals surface area contributed by atoms with Gasteiger partial charge in [-0.3, -0.25) is 14.4 Å². The van der Waals surface area contributed by atoms with Gasteiger partial charge in [-0.05, 0) is 128 Å². The van der Waals surface area contributed by atoms with E-state index in [-0.39, 0.29) is 25.9 Å². The summed E-state index contributed by atoms with van der Waals surface area (Å²) in [6.07, 6.45) is 74.1. The number of esters is 3. The molecule has 1 saturated heterocycles. The van der Waals surface area contributed by atoms with Crippen LogP contribution in [0.1, 0.15) is 265 Å². The summed E-state index contributed by atoms with van der Waals surface area (Å²) in [5, 5.41) is 31.7. The third kappa shape index (κ3) is 50.4. The Labute approximate surface area is 528 Å². The van der Waals surface area contributed by atoms with Gasteiger partial charge in [-0.25, -0.2) is 4.79 Å². The van der Waals surface area contributed by atoms with Crippen molar-refractivity contribution in [2.75, 3.05) is 13.2 Å². The summed E-state index contributed by atoms with van der Waals surface area (Å²) in [5.74, 6) is -3.26. The molecule has 1 aliphatic heterocycles. The molecule has 1 rings (SSSR count). The molecule has 0 aromatic heterocycles. The standard InChI is InChI=1S/C75H120O12/c1-4-7-10-13-16-19-22-25-28-31-34-37-40-43-46-49-52-55-58-61-67(76)83-64-66(85-68(77)62-59-56-53-50-47-44-41-38-35-32-29-26-23-20-17-14-11-8-5-2)65-84-75-73(71(80)70(79)72(87-75)74(81)82)86-69(78)63-60-57-54-51-48-45-42-39-36-33-30-27-24-21-18-15-12-9-6-3/h7,10,16-21,25-30,34-35,37-38,43,46,52,55,66,70-73,75,79-80H,4-6,8-9,11-15,22-24,31-33,36,39-42,44-45,47-51,53-54,56-65H2,1-3H3,(H,81,82)/b10-7-,19-16-,20-17-,21-18-,28-25-,29-26-,30-27-,37-34-,38-35-,46-43-,55-52-. The molecule has 12 heteroatoms. The van der Waals surface area contributed by atoms with Gasteiger partial charge >= 0.3 is 23.9 Å². The van der Waals surface area contributed by atoms with E-state index < -0.39 is 67.3 Å². The average molecular weight is 1210 g/mol. The Bertz CT molecular complexity index is 2020. The highest BCUT2D eigenvalue weighted by Crippen LogP contribution is 2.26. The molecule has 1 aliphatic rings. The summed E-state index contributed by atoms with van der Waals surface area (Å²) in [5.41, 5.74) is 0. The molecule has 0 radical (unpaired) electrons. The summed E-state index contributed by atoms with van der Waals surface area (Å²) in [6, 6.07) is 0. The van der Waals surface area contributed by atoms with E-state index in [4.69, 9.17) is 23.7 Å². The van der Waals surface area contributed by atoms with Crippen molar-refractivity contribution in [2.45, 2.75) is 302 Å². The monoisotopic (exact) mass is 1210 g/mol. The molecular formula is C75H120O12. The minimum absolute atomic E-state index is 0.0403. The SMILES string of the molecule is CC/C=C\C/C=C\C/C=C\C/C=C\C/C=C\C/C=C\CCC(=O)OCC(COC1OC(C(=O)O)C(O)C(O)C1OC(=O)CCCCCCCCCCC/C=C\C/C=C\CCCCC)OC(=O)CCCCCCCC/C=C\C/C=C\C/C=C\CCCCC. The lowest BCUT2D eigenvalue weighted by Gasteiger charge is -2.40. The molecule has 0 spiro atoms. The largest absolute Gasteiger partial charge is 0.479 e. The molecule has 1 heterocycles. The van der Waals surface area contributed by atoms with Gasteiger partial charge in [-0.15, -0.1) is 0 Å². The number of aliphatic carboxylic acids is 1. The molecule has 0 saturated carbocycles. The first-order valence-electron chi connectivity index (χ1n) is 34.2. The summed E-state index contributed by atoms with van der Waals surface area (Å²) in [4.78, 5) is 51.4. The number of unbranched alkanes of at least 4 members (excludes halogenated alkanes) is 21. The lowest BCUT2D eigenvalue weighted by atomic mass is 9.98. The van der Waals surface area contributed by atoms with E-state index in [1.165, 1.54) is 77.0 Å². The summed E-state index contributed by atoms with van der Waals surface area (Å²) in [6.45, 7) is 5.77. The van der Waals surface area contributed by atoms with Gasteiger partial charge < -0.3 is 39.0 Å². The topological polar surface area (TPSA) is 175 Å². The Morgan fingerprint density at radius 1 is 0.391 bits per heavy atom. The number of aliphatic hydroxyl groups is 2. The van der Waals surface area contributed by atoms with Crippen molar-refractivity contribution >= 4 is 23.9 Å². The quantitative estimate of drug-likeness (QED) is 0.0228. The molecule has 12 nitrogen and oxygen atoms in total. The van der Waals surface area contributed by atoms with Crippen LogP contribution in [-0.4, -0.2) is 89.2 Å². The van der Waals surface area contributed by atoms with Gasteiger partial charge in [0.25, 0.3) is 0 Å². The molecule has 0 aromatic rings. The predicted octanol–water partition coefficient (Wildman–Crippen LogP) is 18.9. The van der Waals surface area contributed by atoms with Crippen LogP contribution in [0.15, 0.2) is 134 Å². The number of carboxylic acids is 1. The van der Waals surface area contributed by atoms with Crippen LogP contribution in [-0.2, 0) is 42.9 Å². The number of aliphatic hydroxyl groups excluding tert-OH is 2. The molecule has 3 N–H and O–H groups in total. The number of hydrogen-bond donors (Lipinski definition) is 3. The van der Waals surface area contributed by atoms with Gasteiger partial charge in [0.2, 0.25) is 0 Å². The maximum absolute atomic E-state index is 13.2. The van der Waals surface area contributed by atoms with Crippen LogP contribution in [0.25, 0.3) is 0 Å². The normalized spacial score (nSPS) is 18.2. The minimum Gasteiger partial charge on any atom is -0.479 e. The second-order valence-corrected chi connectivity index (χ2v) is 22.7. The number of carboxylic acid groups (broad SMARTS) is 1. The Balaban J connectivity index is 2.71. The van der Waals surface area contributed by atoms with Crippen molar-refractivity contribution in [3.63, 3.8) is 0 Å². The lowest BCUT2D eigenvalue weighted by molar-refractivity contribution is -0.301. The first-order chi connectivity index (χ1) is 42.6. The molecule has 87 heavy (non-hydrogen) atoms. The van der Waals surface area contributed by atoms with Crippen molar-refractivity contribution in [3.8, 4) is 0 Å². The molecular weight excluding hydrogens is 1090 g/mol. The molecule has 1 fully saturated rings. The fourth-order valence-electron chi connectivity index (χ4n) is 9.49. The maximum Gasteiger partial charge on any atom is 0.335 e. The second kappa shape index (κ2) is 61.1. The van der Waals surface area contributed by atoms with Gasteiger partial charge in [0.15, 0.2) is 24.6 Å². The van der Waals surface area contributed by atoms with Crippen LogP contribution < -0.4 is 0 Å². The van der Waals surface area contributed by atoms with E-state index in [1.54, 1.807) is 0 Å². The van der Waals surface area contributed by atoms with Gasteiger partial charge in [-0.2, -0.15) is 0 Å². The zero-order valence-corrected chi connectivity index (χ0v) is 54.5. The molecule has 6 unspecified atom stereocenters. The van der Waals surface area contributed by atoms with E-state index in [1.807, 2.05) is 12.2 Å². The zero-order valence-electron chi connectivity index (χ0n) is 54.5. The number of rotatable bonds is 57. The van der Waals surface area contributed by atoms with Crippen molar-refractivity contribution in [3.05, 3.63) is 134 Å². The lowest BCUT2D eigenvalue weighted by Crippen LogP contribution is -2.61. The number of allylic oxidation sites excluding steroid dienone is 22. The number of ether oxygens (including phenoxy) is 5. The Morgan fingerprint density at radius 2 is 0.747 bits per heavy atom. The average Bonchev–Trinajstić information content (AvgIpc) is 2.56. The first kappa shape index (κ1) is 79.9. The Hall–Kier alpha value is -5.14. The van der Waals surface area contributed by atoms with Crippen LogP contribution in [0.3, 0.4) is 0 Å². The van der Waals surface area contributed by atoms with Gasteiger partial charge in [0.05, 0.1) is 6.61 Å². The highest BCUT2D eigenvalue weighted by molar-refractivity contribution is 5.74. The molecule has 0 amide bonds. The van der Waals surface area contributed by atoms with Crippen LogP contribution in [0.2, 0.25) is 0 Å². The zero-order chi connectivity index (χ0) is 63.1. The molecule has 492 valence electrons. The van der Waals surface area contributed by atoms with Crippen LogP contribution in [0.4, 0.5) is 0 Å². The molecule has 0 aliphatic carbocycles. The first-order valence-corrected chi connectivity index (χ1v) is 34.2. The minimum atomic E-state index is -1.92. The van der Waals surface area contributed by atoms with Gasteiger partial charge in [0, 0.05) is 19.3 Å². The maximum atomic E-state index is 13.2. The molecule has 6 atom stereocenters. The van der Waals surface area contributed by atoms with Crippen LogP contribution >= 0.6 is 0 Å². The summed E-state index contributed by atoms with van der Waals surface area (Å²) >= 11 is 0. The van der Waals surface area contributed by atoms with Crippen molar-refractivity contribution in [1.29, 1.82) is 0 Å². The summed E-state index contributed by atoms with van der Waals surface area (Å²) in [7, 11) is 0. The third-order valence-corrected chi connectivity index (χ3v) is 14.7. The molecule has 0 bridgehead atoms. The second-order valence-electron chi connectivity index (χ2n) is 22.7. The van der Waals surface area contributed by atoms with E-state index in [2.05, 4.69) is 142 Å². The highest BCUT2D eigenvalue weighted by atomic mass is 16.7. The fourth-order valence-corrected chi connectivity index (χ4v) is 9.49. The van der Waals surface area contributed by atoms with E-state index in [0.717, 1.165) is 128 Å². The van der Waals surface area contributed by atoms with Gasteiger partial charge in [-0.1, -0.05) is 251 Å². The van der Waals surface area contributed by atoms with Crippen molar-refractivity contribution in [1.82, 2.24) is 0 Å². The van der Waals surface area contributed by atoms with Crippen LogP contribution in [0.5, 0.6) is 0 Å². The van der Waals surface area contributed by atoms with E-state index in [0.29, 0.717) is 19.3 Å². The Kier molecular flexibility index (Phi) is 56.1. The number of hydrogen-bond acceptors (Lipinski definition) is 11. The van der Waals surface area contributed by atoms with Gasteiger partial charge in [0.1, 0.15) is 18.8 Å². The van der Waals surface area contributed by atoms with Crippen molar-refractivity contribution in [2.24, 2.45) is 0 Å². The smallest absolute Gasteiger partial charge is 0.335 e. The number of carbonyl (C=O) groups excluding carboxylic acids is 3. The van der Waals surface area contributed by atoms with E-state index in [9.17, 15) is 34.5 Å². The highest BCUT2D eigenvalue weighted by Gasteiger charge is 2.50. The summed E-state index contributed by atoms with van der Waals surface area (Å²) < 4.78 is 28.5. The Morgan fingerprint density at radius 3 is 1.15 bits per heavy atom. The van der Waals surface area contributed by atoms with Crippen molar-refractivity contribution < 1.29 is 58.2 Å². The number of carbonyl (C=O) groups is 4. The predicted molar refractivity (Wildman–Crippen MR) is 358 cm³/mol. The van der Waals surface area contributed by atoms with E-state index >= 15 is 0 Å². The van der Waals surface area contributed by atoms with Crippen LogP contribution in [0, 0.1) is 0 Å².